The summed E-state index contributed by atoms with van der Waals surface area (Å²) in [5.74, 6) is 1.06. The van der Waals surface area contributed by atoms with Crippen molar-refractivity contribution >= 4 is 17.2 Å². The van der Waals surface area contributed by atoms with Crippen LogP contribution in [0.4, 0.5) is 0 Å². The van der Waals surface area contributed by atoms with Crippen LogP contribution in [0.2, 0.25) is 5.28 Å². The van der Waals surface area contributed by atoms with E-state index in [2.05, 4.69) is 115 Å². The van der Waals surface area contributed by atoms with Gasteiger partial charge in [-0.15, -0.1) is 0 Å². The first-order valence-electron chi connectivity index (χ1n) is 14.4. The number of aromatic nitrogens is 3. The van der Waals surface area contributed by atoms with Crippen LogP contribution in [0.1, 0.15) is 37.5 Å². The van der Waals surface area contributed by atoms with Gasteiger partial charge in [0.2, 0.25) is 5.28 Å². The molecular weight excluding hydrogens is 546 g/mol. The third-order valence-corrected chi connectivity index (χ3v) is 8.61. The van der Waals surface area contributed by atoms with Crippen molar-refractivity contribution in [1.82, 2.24) is 15.0 Å². The Kier molecular flexibility index (Phi) is 6.56. The summed E-state index contributed by atoms with van der Waals surface area (Å²) in [4.78, 5) is 14.0. The van der Waals surface area contributed by atoms with E-state index in [1.54, 1.807) is 0 Å². The number of rotatable bonds is 5. The van der Waals surface area contributed by atoms with Crippen molar-refractivity contribution in [2.24, 2.45) is 0 Å². The van der Waals surface area contributed by atoms with Gasteiger partial charge in [-0.2, -0.15) is 9.97 Å². The van der Waals surface area contributed by atoms with E-state index in [0.29, 0.717) is 11.6 Å². The SMILES string of the molecule is C=C(C)c1cccc(-c2nc(Cl)nc(-c3cc(-c4ccccc4)cc(-c4ccc5c(c4)C(C)(C)c4ccccc4-5)c3)n2)c1. The molecule has 208 valence electrons. The number of nitrogens with zero attached hydrogens (tertiary/aromatic N) is 3. The summed E-state index contributed by atoms with van der Waals surface area (Å²) >= 11 is 6.53. The molecule has 0 radical (unpaired) electrons. The number of halogens is 1. The van der Waals surface area contributed by atoms with Crippen molar-refractivity contribution in [3.8, 4) is 56.2 Å². The van der Waals surface area contributed by atoms with E-state index >= 15 is 0 Å². The van der Waals surface area contributed by atoms with Crippen molar-refractivity contribution in [1.29, 1.82) is 0 Å². The Morgan fingerprint density at radius 2 is 1.19 bits per heavy atom. The number of fused-ring (bicyclic) bond motifs is 3. The topological polar surface area (TPSA) is 38.7 Å². The highest BCUT2D eigenvalue weighted by atomic mass is 35.5. The Hall–Kier alpha value is -4.86. The van der Waals surface area contributed by atoms with Gasteiger partial charge in [-0.1, -0.05) is 111 Å². The molecule has 0 N–H and O–H groups in total. The van der Waals surface area contributed by atoms with E-state index in [1.807, 2.05) is 37.3 Å². The average molecular weight is 576 g/mol. The number of hydrogen-bond acceptors (Lipinski definition) is 3. The highest BCUT2D eigenvalue weighted by molar-refractivity contribution is 6.28. The Morgan fingerprint density at radius 1 is 0.558 bits per heavy atom. The lowest BCUT2D eigenvalue weighted by Crippen LogP contribution is -2.14. The first-order chi connectivity index (χ1) is 20.8. The van der Waals surface area contributed by atoms with E-state index < -0.39 is 0 Å². The van der Waals surface area contributed by atoms with Crippen LogP contribution in [0.25, 0.3) is 61.7 Å². The Labute approximate surface area is 257 Å². The molecule has 0 aliphatic heterocycles. The number of allylic oxidation sites excluding steroid dienone is 1. The van der Waals surface area contributed by atoms with Crippen LogP contribution in [-0.4, -0.2) is 15.0 Å². The van der Waals surface area contributed by atoms with Gasteiger partial charge in [0.25, 0.3) is 0 Å². The number of benzene rings is 5. The van der Waals surface area contributed by atoms with Crippen LogP contribution >= 0.6 is 11.6 Å². The molecule has 3 nitrogen and oxygen atoms in total. The minimum atomic E-state index is -0.0865. The zero-order valence-corrected chi connectivity index (χ0v) is 25.2. The minimum Gasteiger partial charge on any atom is -0.208 e. The van der Waals surface area contributed by atoms with Crippen molar-refractivity contribution in [3.05, 3.63) is 144 Å². The van der Waals surface area contributed by atoms with Crippen LogP contribution in [0.15, 0.2) is 122 Å². The van der Waals surface area contributed by atoms with Crippen molar-refractivity contribution in [2.45, 2.75) is 26.2 Å². The molecule has 0 saturated heterocycles. The van der Waals surface area contributed by atoms with Crippen molar-refractivity contribution in [3.63, 3.8) is 0 Å². The van der Waals surface area contributed by atoms with Crippen LogP contribution in [0.3, 0.4) is 0 Å². The summed E-state index contributed by atoms with van der Waals surface area (Å²) in [5, 5.41) is 0.157. The molecule has 1 aromatic heterocycles. The molecule has 6 aromatic rings. The van der Waals surface area contributed by atoms with E-state index in [0.717, 1.165) is 44.5 Å². The molecule has 43 heavy (non-hydrogen) atoms. The molecule has 5 aromatic carbocycles. The first-order valence-corrected chi connectivity index (χ1v) is 14.8. The Morgan fingerprint density at radius 3 is 1.95 bits per heavy atom. The maximum atomic E-state index is 6.53. The van der Waals surface area contributed by atoms with Gasteiger partial charge in [-0.25, -0.2) is 4.98 Å². The zero-order chi connectivity index (χ0) is 29.7. The second-order valence-electron chi connectivity index (χ2n) is 11.7. The van der Waals surface area contributed by atoms with Gasteiger partial charge in [0, 0.05) is 16.5 Å². The summed E-state index contributed by atoms with van der Waals surface area (Å²) in [6.45, 7) is 10.7. The maximum Gasteiger partial charge on any atom is 0.226 e. The molecule has 7 rings (SSSR count). The highest BCUT2D eigenvalue weighted by Gasteiger charge is 2.35. The lowest BCUT2D eigenvalue weighted by Gasteiger charge is -2.22. The van der Waals surface area contributed by atoms with E-state index in [-0.39, 0.29) is 10.7 Å². The largest absolute Gasteiger partial charge is 0.226 e. The van der Waals surface area contributed by atoms with Gasteiger partial charge in [0.15, 0.2) is 11.6 Å². The quantitative estimate of drug-likeness (QED) is 0.205. The molecular formula is C39H30ClN3. The molecule has 0 amide bonds. The van der Waals surface area contributed by atoms with E-state index in [9.17, 15) is 0 Å². The average Bonchev–Trinajstić information content (AvgIpc) is 3.27. The Bertz CT molecular complexity index is 2040. The summed E-state index contributed by atoms with van der Waals surface area (Å²) in [7, 11) is 0. The molecule has 0 fully saturated rings. The van der Waals surface area contributed by atoms with Crippen molar-refractivity contribution in [2.75, 3.05) is 0 Å². The fourth-order valence-electron chi connectivity index (χ4n) is 6.14. The van der Waals surface area contributed by atoms with Gasteiger partial charge in [-0.05, 0) is 98.9 Å². The molecule has 0 saturated carbocycles. The predicted molar refractivity (Wildman–Crippen MR) is 179 cm³/mol. The van der Waals surface area contributed by atoms with Gasteiger partial charge in [-0.3, -0.25) is 0 Å². The van der Waals surface area contributed by atoms with Gasteiger partial charge >= 0.3 is 0 Å². The molecule has 0 spiro atoms. The number of hydrogen-bond donors (Lipinski definition) is 0. The summed E-state index contributed by atoms with van der Waals surface area (Å²) in [6, 6.07) is 40.5. The monoisotopic (exact) mass is 575 g/mol. The van der Waals surface area contributed by atoms with Crippen molar-refractivity contribution < 1.29 is 0 Å². The lowest BCUT2D eigenvalue weighted by molar-refractivity contribution is 0.660. The summed E-state index contributed by atoms with van der Waals surface area (Å²) in [5.41, 5.74) is 13.4. The first kappa shape index (κ1) is 27.0. The van der Waals surface area contributed by atoms with Gasteiger partial charge in [0.05, 0.1) is 0 Å². The zero-order valence-electron chi connectivity index (χ0n) is 24.4. The maximum absolute atomic E-state index is 6.53. The van der Waals surface area contributed by atoms with Gasteiger partial charge < -0.3 is 0 Å². The normalized spacial score (nSPS) is 12.9. The van der Waals surface area contributed by atoms with Gasteiger partial charge in [0.1, 0.15) is 0 Å². The molecule has 4 heteroatoms. The van der Waals surface area contributed by atoms with Crippen LogP contribution in [0, 0.1) is 0 Å². The molecule has 0 unspecified atom stereocenters. The predicted octanol–water partition coefficient (Wildman–Crippen LogP) is 10.5. The van der Waals surface area contributed by atoms with E-state index in [1.165, 1.54) is 22.3 Å². The summed E-state index contributed by atoms with van der Waals surface area (Å²) < 4.78 is 0. The van der Waals surface area contributed by atoms with Crippen LogP contribution < -0.4 is 0 Å². The van der Waals surface area contributed by atoms with Crippen LogP contribution in [-0.2, 0) is 5.41 Å². The smallest absolute Gasteiger partial charge is 0.208 e. The molecule has 0 atom stereocenters. The molecule has 1 heterocycles. The molecule has 1 aliphatic rings. The fraction of sp³-hybridized carbons (Fsp3) is 0.103. The third-order valence-electron chi connectivity index (χ3n) is 8.44. The highest BCUT2D eigenvalue weighted by Crippen LogP contribution is 2.49. The lowest BCUT2D eigenvalue weighted by atomic mass is 9.81. The second kappa shape index (κ2) is 10.4. The fourth-order valence-corrected chi connectivity index (χ4v) is 6.30. The second-order valence-corrected chi connectivity index (χ2v) is 12.0. The minimum absolute atomic E-state index is 0.0865. The third kappa shape index (κ3) is 4.86. The van der Waals surface area contributed by atoms with Crippen LogP contribution in [0.5, 0.6) is 0 Å². The molecule has 0 bridgehead atoms. The summed E-state index contributed by atoms with van der Waals surface area (Å²) in [6.07, 6.45) is 0. The molecule has 1 aliphatic carbocycles. The van der Waals surface area contributed by atoms with E-state index in [4.69, 9.17) is 16.6 Å². The Balaban J connectivity index is 1.39. The standard InChI is InChI=1S/C39H30ClN3/c1-24(2)26-13-10-14-28(19-26)36-41-37(43-38(40)42-36)31-21-29(25-11-6-5-7-12-25)20-30(22-31)27-17-18-33-32-15-8-9-16-34(32)39(3,4)35(33)23-27/h5-23H,1H2,2-4H3.